The molecule has 4 aromatic rings. The van der Waals surface area contributed by atoms with Crippen LogP contribution in [0, 0.1) is 19.7 Å². The van der Waals surface area contributed by atoms with E-state index in [0.717, 1.165) is 16.8 Å². The molecule has 4 rings (SSSR count). The van der Waals surface area contributed by atoms with Crippen molar-refractivity contribution in [2.45, 2.75) is 33.2 Å². The summed E-state index contributed by atoms with van der Waals surface area (Å²) in [4.78, 5) is 19.7. The number of carbonyl (C=O) groups excluding carboxylic acids is 1. The number of aromatic amines is 1. The van der Waals surface area contributed by atoms with Gasteiger partial charge in [-0.25, -0.2) is 9.18 Å². The molecular weight excluding hydrogens is 397 g/mol. The lowest BCUT2D eigenvalue weighted by Gasteiger charge is -2.07. The second kappa shape index (κ2) is 8.99. The quantitative estimate of drug-likeness (QED) is 0.385. The minimum Gasteiger partial charge on any atom is -0.358 e. The van der Waals surface area contributed by atoms with Crippen LogP contribution in [0.4, 0.5) is 9.18 Å². The van der Waals surface area contributed by atoms with Crippen LogP contribution in [0.2, 0.25) is 0 Å². The Morgan fingerprint density at radius 1 is 1.13 bits per heavy atom. The van der Waals surface area contributed by atoms with Crippen molar-refractivity contribution in [3.05, 3.63) is 71.0 Å². The van der Waals surface area contributed by atoms with Crippen LogP contribution in [-0.4, -0.2) is 27.7 Å². The van der Waals surface area contributed by atoms with Crippen molar-refractivity contribution in [3.8, 4) is 11.4 Å². The maximum atomic E-state index is 13.0. The van der Waals surface area contributed by atoms with Gasteiger partial charge in [-0.05, 0) is 67.8 Å². The zero-order chi connectivity index (χ0) is 21.8. The molecule has 0 saturated heterocycles. The first-order valence-corrected chi connectivity index (χ1v) is 10.2. The molecule has 2 aromatic heterocycles. The molecule has 2 amide bonds. The van der Waals surface area contributed by atoms with E-state index in [1.807, 2.05) is 12.1 Å². The summed E-state index contributed by atoms with van der Waals surface area (Å²) < 4.78 is 18.2. The van der Waals surface area contributed by atoms with Crippen molar-refractivity contribution in [1.82, 2.24) is 25.8 Å². The number of nitrogens with zero attached hydrogens (tertiary/aromatic N) is 2. The molecule has 0 aliphatic rings. The van der Waals surface area contributed by atoms with Crippen LogP contribution in [0.5, 0.6) is 0 Å². The van der Waals surface area contributed by atoms with Crippen molar-refractivity contribution < 1.29 is 13.7 Å². The fourth-order valence-corrected chi connectivity index (χ4v) is 3.38. The second-order valence-corrected chi connectivity index (χ2v) is 7.49. The van der Waals surface area contributed by atoms with Gasteiger partial charge < -0.3 is 20.1 Å². The number of urea groups is 1. The highest BCUT2D eigenvalue weighted by Gasteiger charge is 2.09. The fourth-order valence-electron chi connectivity index (χ4n) is 3.38. The van der Waals surface area contributed by atoms with Gasteiger partial charge in [0.2, 0.25) is 11.7 Å². The van der Waals surface area contributed by atoms with Gasteiger partial charge in [0.25, 0.3) is 0 Å². The minimum atomic E-state index is -0.313. The third-order valence-electron chi connectivity index (χ3n) is 5.25. The van der Waals surface area contributed by atoms with E-state index in [1.165, 1.54) is 23.1 Å². The molecular formula is C23H24FN5O2. The van der Waals surface area contributed by atoms with E-state index in [2.05, 4.69) is 45.7 Å². The Hall–Kier alpha value is -3.68. The Balaban J connectivity index is 1.20. The Labute approximate surface area is 179 Å². The van der Waals surface area contributed by atoms with Crippen LogP contribution in [-0.2, 0) is 13.0 Å². The summed E-state index contributed by atoms with van der Waals surface area (Å²) in [6.07, 6.45) is 1.20. The van der Waals surface area contributed by atoms with Gasteiger partial charge in [0.05, 0.1) is 0 Å². The third kappa shape index (κ3) is 4.91. The molecule has 160 valence electrons. The van der Waals surface area contributed by atoms with E-state index in [4.69, 9.17) is 4.52 Å². The number of aryl methyl sites for hydroxylation is 3. The summed E-state index contributed by atoms with van der Waals surface area (Å²) in [5, 5.41) is 10.8. The molecule has 2 aromatic carbocycles. The molecule has 0 unspecified atom stereocenters. The van der Waals surface area contributed by atoms with E-state index >= 15 is 0 Å². The number of carbonyl (C=O) groups is 1. The molecule has 0 aliphatic heterocycles. The predicted octanol–water partition coefficient (Wildman–Crippen LogP) is 4.41. The molecule has 0 bridgehead atoms. The summed E-state index contributed by atoms with van der Waals surface area (Å²) in [6.45, 7) is 5.08. The van der Waals surface area contributed by atoms with E-state index in [1.54, 1.807) is 12.1 Å². The Morgan fingerprint density at radius 2 is 1.94 bits per heavy atom. The summed E-state index contributed by atoms with van der Waals surface area (Å²) in [5.74, 6) is 0.588. The largest absolute Gasteiger partial charge is 0.358 e. The Kier molecular flexibility index (Phi) is 5.97. The van der Waals surface area contributed by atoms with Crippen LogP contribution in [0.3, 0.4) is 0 Å². The number of nitrogens with one attached hydrogen (secondary N) is 3. The van der Waals surface area contributed by atoms with Crippen LogP contribution in [0.15, 0.2) is 47.0 Å². The molecule has 0 saturated carbocycles. The maximum Gasteiger partial charge on any atom is 0.315 e. The number of rotatable bonds is 7. The first-order valence-electron chi connectivity index (χ1n) is 10.2. The zero-order valence-electron chi connectivity index (χ0n) is 17.5. The van der Waals surface area contributed by atoms with Crippen molar-refractivity contribution in [3.63, 3.8) is 0 Å². The first kappa shape index (κ1) is 20.6. The van der Waals surface area contributed by atoms with Crippen LogP contribution < -0.4 is 10.6 Å². The van der Waals surface area contributed by atoms with Crippen LogP contribution in [0.1, 0.15) is 29.1 Å². The molecule has 31 heavy (non-hydrogen) atoms. The van der Waals surface area contributed by atoms with Gasteiger partial charge in [-0.15, -0.1) is 0 Å². The Bertz CT molecular complexity index is 1200. The van der Waals surface area contributed by atoms with Gasteiger partial charge in [-0.2, -0.15) is 4.98 Å². The van der Waals surface area contributed by atoms with Gasteiger partial charge >= 0.3 is 6.03 Å². The maximum absolute atomic E-state index is 13.0. The average molecular weight is 421 g/mol. The fraction of sp³-hybridized carbons (Fsp3) is 0.261. The highest BCUT2D eigenvalue weighted by molar-refractivity contribution is 5.85. The second-order valence-electron chi connectivity index (χ2n) is 7.49. The molecule has 2 heterocycles. The molecule has 0 atom stereocenters. The van der Waals surface area contributed by atoms with Crippen molar-refractivity contribution in [2.75, 3.05) is 6.54 Å². The lowest BCUT2D eigenvalue weighted by molar-refractivity contribution is 0.240. The number of aromatic nitrogens is 3. The predicted molar refractivity (Wildman–Crippen MR) is 116 cm³/mol. The molecule has 0 radical (unpaired) electrons. The van der Waals surface area contributed by atoms with Gasteiger partial charge in [0.1, 0.15) is 5.82 Å². The minimum absolute atomic E-state index is 0.223. The van der Waals surface area contributed by atoms with E-state index in [-0.39, 0.29) is 11.8 Å². The lowest BCUT2D eigenvalue weighted by Crippen LogP contribution is -2.35. The molecule has 0 aliphatic carbocycles. The SMILES string of the molecule is Cc1[nH]c2ccc(CNC(=O)NCCCc3nc(-c4ccc(F)cc4)no3)cc2c1C. The number of hydrogen-bond donors (Lipinski definition) is 3. The molecule has 0 spiro atoms. The van der Waals surface area contributed by atoms with Gasteiger partial charge in [0, 0.05) is 41.7 Å². The number of benzene rings is 2. The standard InChI is InChI=1S/C23H24FN5O2/c1-14-15(2)27-20-10-5-16(12-19(14)20)13-26-23(30)25-11-3-4-21-28-22(29-31-21)17-6-8-18(24)9-7-17/h5-10,12,27H,3-4,11,13H2,1-2H3,(H2,25,26,30). The Morgan fingerprint density at radius 3 is 2.74 bits per heavy atom. The van der Waals surface area contributed by atoms with Gasteiger partial charge in [-0.1, -0.05) is 11.2 Å². The smallest absolute Gasteiger partial charge is 0.315 e. The zero-order valence-corrected chi connectivity index (χ0v) is 17.5. The average Bonchev–Trinajstić information content (AvgIpc) is 3.35. The first-order chi connectivity index (χ1) is 15.0. The van der Waals surface area contributed by atoms with E-state index < -0.39 is 0 Å². The van der Waals surface area contributed by atoms with Crippen LogP contribution in [0.25, 0.3) is 22.3 Å². The summed E-state index contributed by atoms with van der Waals surface area (Å²) >= 11 is 0. The van der Waals surface area contributed by atoms with Gasteiger partial charge in [0.15, 0.2) is 0 Å². The van der Waals surface area contributed by atoms with Crippen molar-refractivity contribution in [2.24, 2.45) is 0 Å². The topological polar surface area (TPSA) is 95.8 Å². The number of amides is 2. The number of halogens is 1. The molecule has 0 fully saturated rings. The third-order valence-corrected chi connectivity index (χ3v) is 5.25. The molecule has 3 N–H and O–H groups in total. The normalized spacial score (nSPS) is 11.1. The monoisotopic (exact) mass is 421 g/mol. The van der Waals surface area contributed by atoms with Crippen molar-refractivity contribution >= 4 is 16.9 Å². The number of H-pyrrole nitrogens is 1. The molecule has 7 nitrogen and oxygen atoms in total. The highest BCUT2D eigenvalue weighted by atomic mass is 19.1. The van der Waals surface area contributed by atoms with Gasteiger partial charge in [-0.3, -0.25) is 0 Å². The van der Waals surface area contributed by atoms with Crippen molar-refractivity contribution in [1.29, 1.82) is 0 Å². The van der Waals surface area contributed by atoms with E-state index in [9.17, 15) is 9.18 Å². The molecule has 8 heteroatoms. The lowest BCUT2D eigenvalue weighted by atomic mass is 10.1. The van der Waals surface area contributed by atoms with Crippen LogP contribution >= 0.6 is 0 Å². The summed E-state index contributed by atoms with van der Waals surface area (Å²) in [5.41, 5.74) is 5.22. The number of fused-ring (bicyclic) bond motifs is 1. The summed E-state index contributed by atoms with van der Waals surface area (Å²) in [7, 11) is 0. The number of hydrogen-bond acceptors (Lipinski definition) is 4. The summed E-state index contributed by atoms with van der Waals surface area (Å²) in [6, 6.07) is 11.8. The highest BCUT2D eigenvalue weighted by Crippen LogP contribution is 2.22. The van der Waals surface area contributed by atoms with E-state index in [0.29, 0.717) is 43.2 Å².